The smallest absolute Gasteiger partial charge is 0.407 e. The number of carbonyl (C=O) groups is 1. The molecule has 0 atom stereocenters. The summed E-state index contributed by atoms with van der Waals surface area (Å²) >= 11 is 0. The van der Waals surface area contributed by atoms with E-state index in [2.05, 4.69) is 28.4 Å². The molecule has 0 bridgehead atoms. The number of ether oxygens (including phenoxy) is 1. The molecule has 1 saturated carbocycles. The van der Waals surface area contributed by atoms with Crippen molar-refractivity contribution in [1.82, 2.24) is 15.1 Å². The highest BCUT2D eigenvalue weighted by atomic mass is 16.6. The molecule has 6 nitrogen and oxygen atoms in total. The fourth-order valence-electron chi connectivity index (χ4n) is 2.11. The maximum atomic E-state index is 11.6. The molecule has 0 saturated heterocycles. The van der Waals surface area contributed by atoms with Gasteiger partial charge < -0.3 is 15.0 Å². The monoisotopic (exact) mass is 294 g/mol. The molecule has 0 unspecified atom stereocenters. The van der Waals surface area contributed by atoms with Gasteiger partial charge in [0.1, 0.15) is 5.60 Å². The molecule has 1 aromatic rings. The Morgan fingerprint density at radius 3 is 2.81 bits per heavy atom. The van der Waals surface area contributed by atoms with Crippen molar-refractivity contribution in [2.45, 2.75) is 52.2 Å². The number of alkyl carbamates (subject to hydrolysis) is 1. The van der Waals surface area contributed by atoms with Crippen LogP contribution < -0.4 is 10.2 Å². The Hall–Kier alpha value is -1.72. The normalized spacial score (nSPS) is 14.9. The van der Waals surface area contributed by atoms with E-state index in [-0.39, 0.29) is 6.09 Å². The van der Waals surface area contributed by atoms with E-state index < -0.39 is 5.60 Å². The molecular weight excluding hydrogens is 268 g/mol. The van der Waals surface area contributed by atoms with E-state index >= 15 is 0 Å². The van der Waals surface area contributed by atoms with Gasteiger partial charge in [-0.15, -0.1) is 0 Å². The van der Waals surface area contributed by atoms with Gasteiger partial charge >= 0.3 is 6.09 Å². The molecule has 0 aliphatic heterocycles. The van der Waals surface area contributed by atoms with E-state index in [4.69, 9.17) is 4.74 Å². The third-order valence-electron chi connectivity index (χ3n) is 3.31. The average Bonchev–Trinajstić information content (AvgIpc) is 3.11. The SMILES string of the molecule is CCN(CCNC(=O)OC(C)(C)C)c1cnn(C2CC2)c1. The fraction of sp³-hybridized carbons (Fsp3) is 0.733. The molecule has 1 aliphatic carbocycles. The quantitative estimate of drug-likeness (QED) is 0.876. The lowest BCUT2D eigenvalue weighted by molar-refractivity contribution is 0.0529. The van der Waals surface area contributed by atoms with E-state index in [0.29, 0.717) is 12.6 Å². The second-order valence-corrected chi connectivity index (χ2v) is 6.42. The van der Waals surface area contributed by atoms with Crippen LogP contribution in [0.25, 0.3) is 0 Å². The molecule has 0 spiro atoms. The zero-order chi connectivity index (χ0) is 15.5. The maximum Gasteiger partial charge on any atom is 0.407 e. The summed E-state index contributed by atoms with van der Waals surface area (Å²) in [6, 6.07) is 0.595. The van der Waals surface area contributed by atoms with Gasteiger partial charge in [-0.1, -0.05) is 0 Å². The van der Waals surface area contributed by atoms with Gasteiger partial charge in [-0.05, 0) is 40.5 Å². The summed E-state index contributed by atoms with van der Waals surface area (Å²) in [6.07, 6.45) is 6.08. The molecule has 6 heteroatoms. The first kappa shape index (κ1) is 15.7. The molecule has 1 amide bonds. The minimum Gasteiger partial charge on any atom is -0.444 e. The second kappa shape index (κ2) is 6.37. The molecule has 1 fully saturated rings. The highest BCUT2D eigenvalue weighted by Crippen LogP contribution is 2.34. The number of likely N-dealkylation sites (N-methyl/N-ethyl adjacent to an activating group) is 1. The third kappa shape index (κ3) is 4.95. The molecule has 0 aromatic carbocycles. The minimum atomic E-state index is -0.458. The summed E-state index contributed by atoms with van der Waals surface area (Å²) in [7, 11) is 0. The Morgan fingerprint density at radius 2 is 2.24 bits per heavy atom. The first-order valence-electron chi connectivity index (χ1n) is 7.65. The molecule has 1 aromatic heterocycles. The van der Waals surface area contributed by atoms with Crippen LogP contribution in [0.2, 0.25) is 0 Å². The van der Waals surface area contributed by atoms with Crippen LogP contribution in [0.3, 0.4) is 0 Å². The summed E-state index contributed by atoms with van der Waals surface area (Å²) in [5.74, 6) is 0. The highest BCUT2D eigenvalue weighted by Gasteiger charge is 2.24. The molecule has 118 valence electrons. The second-order valence-electron chi connectivity index (χ2n) is 6.42. The number of nitrogens with zero attached hydrogens (tertiary/aromatic N) is 3. The van der Waals surface area contributed by atoms with Crippen molar-refractivity contribution in [2.24, 2.45) is 0 Å². The number of anilines is 1. The van der Waals surface area contributed by atoms with Crippen LogP contribution in [-0.2, 0) is 4.74 Å². The maximum absolute atomic E-state index is 11.6. The van der Waals surface area contributed by atoms with Gasteiger partial charge in [0.05, 0.1) is 17.9 Å². The van der Waals surface area contributed by atoms with Gasteiger partial charge in [0, 0.05) is 25.8 Å². The first-order valence-corrected chi connectivity index (χ1v) is 7.65. The number of aromatic nitrogens is 2. The zero-order valence-electron chi connectivity index (χ0n) is 13.4. The van der Waals surface area contributed by atoms with Crippen molar-refractivity contribution >= 4 is 11.8 Å². The molecule has 1 N–H and O–H groups in total. The van der Waals surface area contributed by atoms with Crippen molar-refractivity contribution < 1.29 is 9.53 Å². The molecule has 0 radical (unpaired) electrons. The predicted molar refractivity (Wildman–Crippen MR) is 82.6 cm³/mol. The Kier molecular flexibility index (Phi) is 4.75. The molecule has 1 aliphatic rings. The van der Waals surface area contributed by atoms with Gasteiger partial charge in [0.15, 0.2) is 0 Å². The van der Waals surface area contributed by atoms with Crippen LogP contribution in [-0.4, -0.2) is 41.1 Å². The zero-order valence-corrected chi connectivity index (χ0v) is 13.4. The lowest BCUT2D eigenvalue weighted by atomic mass is 10.2. The summed E-state index contributed by atoms with van der Waals surface area (Å²) < 4.78 is 7.26. The van der Waals surface area contributed by atoms with Gasteiger partial charge in [-0.2, -0.15) is 5.10 Å². The lowest BCUT2D eigenvalue weighted by Crippen LogP contribution is -2.38. The number of amides is 1. The molecule has 1 heterocycles. The first-order chi connectivity index (χ1) is 9.89. The average molecular weight is 294 g/mol. The van der Waals surface area contributed by atoms with E-state index in [1.807, 2.05) is 31.6 Å². The largest absolute Gasteiger partial charge is 0.444 e. The van der Waals surface area contributed by atoms with Crippen LogP contribution in [0.15, 0.2) is 12.4 Å². The Morgan fingerprint density at radius 1 is 1.52 bits per heavy atom. The highest BCUT2D eigenvalue weighted by molar-refractivity contribution is 5.67. The minimum absolute atomic E-state index is 0.368. The van der Waals surface area contributed by atoms with Crippen molar-refractivity contribution in [2.75, 3.05) is 24.5 Å². The van der Waals surface area contributed by atoms with Crippen molar-refractivity contribution in [1.29, 1.82) is 0 Å². The Balaban J connectivity index is 1.78. The van der Waals surface area contributed by atoms with E-state index in [0.717, 1.165) is 18.8 Å². The van der Waals surface area contributed by atoms with Gasteiger partial charge in [-0.3, -0.25) is 4.68 Å². The number of nitrogens with one attached hydrogen (secondary N) is 1. The van der Waals surface area contributed by atoms with E-state index in [1.54, 1.807) is 0 Å². The van der Waals surface area contributed by atoms with Gasteiger partial charge in [0.2, 0.25) is 0 Å². The summed E-state index contributed by atoms with van der Waals surface area (Å²) in [5, 5.41) is 7.19. The number of rotatable bonds is 6. The summed E-state index contributed by atoms with van der Waals surface area (Å²) in [6.45, 7) is 9.85. The third-order valence-corrected chi connectivity index (χ3v) is 3.31. The van der Waals surface area contributed by atoms with Crippen molar-refractivity contribution in [3.63, 3.8) is 0 Å². The number of carbonyl (C=O) groups excluding carboxylic acids is 1. The van der Waals surface area contributed by atoms with Crippen LogP contribution >= 0.6 is 0 Å². The van der Waals surface area contributed by atoms with Crippen LogP contribution in [0, 0.1) is 0 Å². The van der Waals surface area contributed by atoms with Crippen molar-refractivity contribution in [3.8, 4) is 0 Å². The summed E-state index contributed by atoms with van der Waals surface area (Å²) in [4.78, 5) is 13.8. The van der Waals surface area contributed by atoms with Crippen LogP contribution in [0.4, 0.5) is 10.5 Å². The van der Waals surface area contributed by atoms with E-state index in [9.17, 15) is 4.79 Å². The van der Waals surface area contributed by atoms with Gasteiger partial charge in [-0.25, -0.2) is 4.79 Å². The molecular formula is C15H26N4O2. The summed E-state index contributed by atoms with van der Waals surface area (Å²) in [5.41, 5.74) is 0.648. The lowest BCUT2D eigenvalue weighted by Gasteiger charge is -2.23. The topological polar surface area (TPSA) is 59.4 Å². The number of hydrogen-bond donors (Lipinski definition) is 1. The van der Waals surface area contributed by atoms with Crippen molar-refractivity contribution in [3.05, 3.63) is 12.4 Å². The van der Waals surface area contributed by atoms with Gasteiger partial charge in [0.25, 0.3) is 0 Å². The van der Waals surface area contributed by atoms with Crippen LogP contribution in [0.1, 0.15) is 46.6 Å². The van der Waals surface area contributed by atoms with Crippen LogP contribution in [0.5, 0.6) is 0 Å². The fourth-order valence-corrected chi connectivity index (χ4v) is 2.11. The van der Waals surface area contributed by atoms with E-state index in [1.165, 1.54) is 12.8 Å². The standard InChI is InChI=1S/C15H26N4O2/c1-5-18(9-8-16-14(20)21-15(2,3)4)13-10-17-19(11-13)12-6-7-12/h10-12H,5-9H2,1-4H3,(H,16,20). The molecule has 2 rings (SSSR count). The Labute approximate surface area is 126 Å². The Bertz CT molecular complexity index is 474. The molecule has 21 heavy (non-hydrogen) atoms. The number of hydrogen-bond acceptors (Lipinski definition) is 4. The predicted octanol–water partition coefficient (Wildman–Crippen LogP) is 2.57.